The van der Waals surface area contributed by atoms with E-state index in [1.54, 1.807) is 24.4 Å². The van der Waals surface area contributed by atoms with Crippen molar-refractivity contribution in [2.75, 3.05) is 26.6 Å². The summed E-state index contributed by atoms with van der Waals surface area (Å²) in [6.07, 6.45) is 1.57. The zero-order chi connectivity index (χ0) is 16.1. The van der Waals surface area contributed by atoms with Crippen LogP contribution in [-0.4, -0.2) is 38.0 Å². The van der Waals surface area contributed by atoms with Gasteiger partial charge in [-0.2, -0.15) is 0 Å². The second-order valence-corrected chi connectivity index (χ2v) is 4.28. The van der Waals surface area contributed by atoms with Crippen LogP contribution in [0, 0.1) is 0 Å². The van der Waals surface area contributed by atoms with Crippen molar-refractivity contribution in [1.29, 1.82) is 0 Å². The van der Waals surface area contributed by atoms with Crippen LogP contribution in [0.5, 0.6) is 17.2 Å². The third-order valence-corrected chi connectivity index (χ3v) is 2.97. The molecule has 116 valence electrons. The molecule has 1 heterocycles. The van der Waals surface area contributed by atoms with Gasteiger partial charge in [-0.3, -0.25) is 9.59 Å². The van der Waals surface area contributed by atoms with E-state index in [0.717, 1.165) is 0 Å². The molecule has 0 saturated heterocycles. The van der Waals surface area contributed by atoms with Crippen molar-refractivity contribution in [3.63, 3.8) is 0 Å². The van der Waals surface area contributed by atoms with E-state index in [2.05, 4.69) is 10.3 Å². The number of carbonyl (C=O) groups is 2. The normalized spacial score (nSPS) is 9.95. The van der Waals surface area contributed by atoms with Crippen molar-refractivity contribution < 1.29 is 23.8 Å². The van der Waals surface area contributed by atoms with E-state index in [1.165, 1.54) is 27.4 Å². The number of Topliss-reactive ketones (excluding diaryl/α,β-unsaturated/α-hetero) is 1. The van der Waals surface area contributed by atoms with Gasteiger partial charge in [0.05, 0.1) is 27.0 Å². The smallest absolute Gasteiger partial charge is 0.298 e. The Hall–Kier alpha value is -2.96. The minimum Gasteiger partial charge on any atom is -0.493 e. The lowest BCUT2D eigenvalue weighted by Crippen LogP contribution is -2.23. The van der Waals surface area contributed by atoms with Crippen molar-refractivity contribution in [2.24, 2.45) is 0 Å². The molecule has 0 fully saturated rings. The average Bonchev–Trinajstić information content (AvgIpc) is 3.07. The molecular formula is C15H16N2O5. The van der Waals surface area contributed by atoms with Crippen molar-refractivity contribution in [3.8, 4) is 17.2 Å². The van der Waals surface area contributed by atoms with Crippen LogP contribution in [0.15, 0.2) is 30.5 Å². The first kappa shape index (κ1) is 15.4. The van der Waals surface area contributed by atoms with Crippen LogP contribution in [-0.2, 0) is 4.79 Å². The van der Waals surface area contributed by atoms with Crippen molar-refractivity contribution in [1.82, 2.24) is 4.98 Å². The molecule has 0 bridgehead atoms. The summed E-state index contributed by atoms with van der Waals surface area (Å²) in [6.45, 7) is 0. The van der Waals surface area contributed by atoms with Gasteiger partial charge in [-0.05, 0) is 12.1 Å². The van der Waals surface area contributed by atoms with Gasteiger partial charge in [0.2, 0.25) is 5.75 Å². The minimum absolute atomic E-state index is 0.213. The highest BCUT2D eigenvalue weighted by molar-refractivity contribution is 6.46. The molecule has 1 aromatic heterocycles. The molecule has 0 aliphatic carbocycles. The van der Waals surface area contributed by atoms with Crippen LogP contribution in [0.1, 0.15) is 10.5 Å². The van der Waals surface area contributed by atoms with E-state index in [4.69, 9.17) is 14.2 Å². The Kier molecular flexibility index (Phi) is 4.67. The number of aromatic amines is 1. The van der Waals surface area contributed by atoms with Crippen molar-refractivity contribution in [2.45, 2.75) is 0 Å². The predicted octanol–water partition coefficient (Wildman–Crippen LogP) is 1.86. The Morgan fingerprint density at radius 2 is 1.68 bits per heavy atom. The average molecular weight is 304 g/mol. The number of rotatable bonds is 6. The van der Waals surface area contributed by atoms with Gasteiger partial charge in [0.15, 0.2) is 11.5 Å². The molecule has 0 aliphatic rings. The molecular weight excluding hydrogens is 288 g/mol. The van der Waals surface area contributed by atoms with Crippen LogP contribution in [0.2, 0.25) is 0 Å². The molecule has 1 aromatic carbocycles. The van der Waals surface area contributed by atoms with Gasteiger partial charge in [0.25, 0.3) is 11.7 Å². The van der Waals surface area contributed by atoms with Gasteiger partial charge < -0.3 is 24.5 Å². The lowest BCUT2D eigenvalue weighted by Gasteiger charge is -2.14. The molecule has 1 amide bonds. The van der Waals surface area contributed by atoms with E-state index in [1.807, 2.05) is 0 Å². The first-order valence-electron chi connectivity index (χ1n) is 6.39. The molecule has 0 atom stereocenters. The lowest BCUT2D eigenvalue weighted by molar-refractivity contribution is -0.112. The number of anilines is 1. The van der Waals surface area contributed by atoms with Gasteiger partial charge in [0.1, 0.15) is 0 Å². The topological polar surface area (TPSA) is 89.7 Å². The minimum atomic E-state index is -0.767. The number of amides is 1. The molecule has 0 saturated carbocycles. The van der Waals surface area contributed by atoms with Crippen molar-refractivity contribution >= 4 is 17.4 Å². The first-order valence-corrected chi connectivity index (χ1v) is 6.39. The predicted molar refractivity (Wildman–Crippen MR) is 79.9 cm³/mol. The van der Waals surface area contributed by atoms with Crippen LogP contribution < -0.4 is 19.5 Å². The molecule has 2 rings (SSSR count). The number of carbonyl (C=O) groups excluding carboxylic acids is 2. The Labute approximate surface area is 127 Å². The third kappa shape index (κ3) is 3.03. The summed E-state index contributed by atoms with van der Waals surface area (Å²) in [5.41, 5.74) is 0.573. The van der Waals surface area contributed by atoms with Gasteiger partial charge in [0, 0.05) is 24.0 Å². The number of nitrogens with one attached hydrogen (secondary N) is 2. The molecule has 2 N–H and O–H groups in total. The van der Waals surface area contributed by atoms with E-state index in [9.17, 15) is 9.59 Å². The molecule has 2 aromatic rings. The van der Waals surface area contributed by atoms with Gasteiger partial charge in [-0.25, -0.2) is 0 Å². The SMILES string of the molecule is COc1cc(NC(=O)C(=O)c2ccc[nH]2)cc(OC)c1OC. The molecule has 7 nitrogen and oxygen atoms in total. The highest BCUT2D eigenvalue weighted by Crippen LogP contribution is 2.39. The Balaban J connectivity index is 2.26. The summed E-state index contributed by atoms with van der Waals surface area (Å²) >= 11 is 0. The quantitative estimate of drug-likeness (QED) is 0.628. The van der Waals surface area contributed by atoms with E-state index >= 15 is 0 Å². The maximum absolute atomic E-state index is 12.0. The summed E-state index contributed by atoms with van der Waals surface area (Å²) in [5, 5.41) is 2.51. The van der Waals surface area contributed by atoms with Gasteiger partial charge in [-0.15, -0.1) is 0 Å². The lowest BCUT2D eigenvalue weighted by atomic mass is 10.2. The number of ether oxygens (including phenoxy) is 3. The van der Waals surface area contributed by atoms with Crippen molar-refractivity contribution in [3.05, 3.63) is 36.2 Å². The van der Waals surface area contributed by atoms with Crippen LogP contribution in [0.25, 0.3) is 0 Å². The fraction of sp³-hybridized carbons (Fsp3) is 0.200. The van der Waals surface area contributed by atoms with E-state index in [-0.39, 0.29) is 5.69 Å². The fourth-order valence-electron chi connectivity index (χ4n) is 1.94. The highest BCUT2D eigenvalue weighted by atomic mass is 16.5. The maximum atomic E-state index is 12.0. The zero-order valence-electron chi connectivity index (χ0n) is 12.4. The number of methoxy groups -OCH3 is 3. The van der Waals surface area contributed by atoms with Gasteiger partial charge in [-0.1, -0.05) is 0 Å². The molecule has 0 radical (unpaired) electrons. The maximum Gasteiger partial charge on any atom is 0.298 e. The van der Waals surface area contributed by atoms with Crippen LogP contribution >= 0.6 is 0 Å². The number of benzene rings is 1. The summed E-state index contributed by atoms with van der Waals surface area (Å²) < 4.78 is 15.6. The molecule has 0 unspecified atom stereocenters. The summed E-state index contributed by atoms with van der Waals surface area (Å²) in [7, 11) is 4.41. The number of H-pyrrole nitrogens is 1. The molecule has 0 aliphatic heterocycles. The number of hydrogen-bond donors (Lipinski definition) is 2. The number of ketones is 1. The number of aromatic nitrogens is 1. The second-order valence-electron chi connectivity index (χ2n) is 4.28. The largest absolute Gasteiger partial charge is 0.493 e. The number of hydrogen-bond acceptors (Lipinski definition) is 5. The fourth-order valence-corrected chi connectivity index (χ4v) is 1.94. The van der Waals surface area contributed by atoms with Gasteiger partial charge >= 0.3 is 0 Å². The highest BCUT2D eigenvalue weighted by Gasteiger charge is 2.19. The van der Waals surface area contributed by atoms with E-state index < -0.39 is 11.7 Å². The summed E-state index contributed by atoms with van der Waals surface area (Å²) in [5.74, 6) is -0.275. The second kappa shape index (κ2) is 6.66. The Morgan fingerprint density at radius 3 is 2.14 bits per heavy atom. The third-order valence-electron chi connectivity index (χ3n) is 2.97. The van der Waals surface area contributed by atoms with E-state index in [0.29, 0.717) is 22.9 Å². The molecule has 7 heteroatoms. The van der Waals surface area contributed by atoms with Crippen LogP contribution in [0.4, 0.5) is 5.69 Å². The Bertz CT molecular complexity index is 654. The monoisotopic (exact) mass is 304 g/mol. The summed E-state index contributed by atoms with van der Waals surface area (Å²) in [4.78, 5) is 26.6. The molecule has 0 spiro atoms. The Morgan fingerprint density at radius 1 is 1.05 bits per heavy atom. The van der Waals surface area contributed by atoms with Crippen LogP contribution in [0.3, 0.4) is 0 Å². The first-order chi connectivity index (χ1) is 10.6. The standard InChI is InChI=1S/C15H16N2O5/c1-20-11-7-9(8-12(21-2)14(11)22-3)17-15(19)13(18)10-5-4-6-16-10/h4-8,16H,1-3H3,(H,17,19). The molecule has 22 heavy (non-hydrogen) atoms. The zero-order valence-corrected chi connectivity index (χ0v) is 12.4. The summed E-state index contributed by atoms with van der Waals surface area (Å²) in [6, 6.07) is 6.25.